The number of likely N-dealkylation sites (tertiary alicyclic amines) is 2. The quantitative estimate of drug-likeness (QED) is 0.427. The van der Waals surface area contributed by atoms with Crippen LogP contribution >= 0.6 is 0 Å². The van der Waals surface area contributed by atoms with E-state index in [9.17, 15) is 14.4 Å². The molecule has 0 unspecified atom stereocenters. The van der Waals surface area contributed by atoms with Gasteiger partial charge < -0.3 is 20.4 Å². The molecule has 0 amide bonds. The molecule has 0 saturated carbocycles. The summed E-state index contributed by atoms with van der Waals surface area (Å²) in [6.07, 6.45) is 10.5. The summed E-state index contributed by atoms with van der Waals surface area (Å²) in [4.78, 5) is 43.6. The average molecular weight is 517 g/mol. The summed E-state index contributed by atoms with van der Waals surface area (Å²) >= 11 is 0. The van der Waals surface area contributed by atoms with Gasteiger partial charge in [0.2, 0.25) is 0 Å². The molecule has 0 aromatic carbocycles. The van der Waals surface area contributed by atoms with Crippen LogP contribution in [-0.4, -0.2) is 90.9 Å². The molecule has 37 heavy (non-hydrogen) atoms. The number of rotatable bonds is 7. The van der Waals surface area contributed by atoms with Crippen molar-refractivity contribution in [3.63, 3.8) is 0 Å². The number of aromatic nitrogens is 2. The van der Waals surface area contributed by atoms with Gasteiger partial charge in [-0.25, -0.2) is 4.79 Å². The van der Waals surface area contributed by atoms with Crippen molar-refractivity contribution in [1.29, 1.82) is 0 Å². The highest BCUT2D eigenvalue weighted by Crippen LogP contribution is 2.30. The van der Waals surface area contributed by atoms with Gasteiger partial charge in [0, 0.05) is 36.9 Å². The van der Waals surface area contributed by atoms with E-state index in [1.165, 1.54) is 49.9 Å². The Kier molecular flexibility index (Phi) is 11.6. The number of carbonyl (C=O) groups is 3. The molecule has 2 atom stereocenters. The van der Waals surface area contributed by atoms with Gasteiger partial charge >= 0.3 is 17.9 Å². The smallest absolute Gasteiger partial charge is 0.336 e. The molecule has 4 heterocycles. The lowest BCUT2D eigenvalue weighted by Crippen LogP contribution is -2.42. The number of pyridine rings is 2. The van der Waals surface area contributed by atoms with Crippen LogP contribution < -0.4 is 0 Å². The van der Waals surface area contributed by atoms with Crippen molar-refractivity contribution in [1.82, 2.24) is 19.8 Å². The summed E-state index contributed by atoms with van der Waals surface area (Å²) in [6, 6.07) is 9.58. The van der Waals surface area contributed by atoms with E-state index in [4.69, 9.17) is 20.4 Å². The molecule has 202 valence electrons. The molecule has 0 radical (unpaired) electrons. The van der Waals surface area contributed by atoms with Crippen LogP contribution in [0.4, 0.5) is 0 Å². The van der Waals surface area contributed by atoms with Crippen LogP contribution in [0.3, 0.4) is 0 Å². The summed E-state index contributed by atoms with van der Waals surface area (Å²) in [5, 5.41) is 33.8. The first kappa shape index (κ1) is 29.8. The van der Waals surface area contributed by atoms with E-state index in [0.717, 1.165) is 0 Å². The Hall–Kier alpha value is -3.41. The van der Waals surface area contributed by atoms with Gasteiger partial charge in [0.25, 0.3) is 0 Å². The standard InChI is InChI=1S/2C10H14N2.C6H8O7/c2*1-12-7-3-5-10(12)9-4-2-6-11-8-9;7-3(8)1-6(13,5(11)12)2-4(9)10/h2*2,4,6,8,10H,3,5,7H2,1H3;13H,1-2H2,(H,7,8)(H,9,10)(H,11,12)/t2*10-;/m00./s1. The van der Waals surface area contributed by atoms with Crippen LogP contribution in [0, 0.1) is 0 Å². The number of carboxylic acid groups (broad SMARTS) is 3. The summed E-state index contributed by atoms with van der Waals surface area (Å²) in [5.41, 5.74) is -0.0208. The fourth-order valence-corrected chi connectivity index (χ4v) is 4.52. The van der Waals surface area contributed by atoms with E-state index in [1.54, 1.807) is 0 Å². The van der Waals surface area contributed by atoms with Gasteiger partial charge in [-0.05, 0) is 76.1 Å². The molecule has 2 fully saturated rings. The molecule has 0 bridgehead atoms. The Bertz CT molecular complexity index is 935. The molecule has 11 heteroatoms. The molecule has 2 aromatic heterocycles. The van der Waals surface area contributed by atoms with Crippen LogP contribution in [0.5, 0.6) is 0 Å². The highest BCUT2D eigenvalue weighted by Gasteiger charge is 2.40. The molecular weight excluding hydrogens is 480 g/mol. The maximum atomic E-state index is 10.3. The zero-order chi connectivity index (χ0) is 27.4. The van der Waals surface area contributed by atoms with Crippen molar-refractivity contribution in [2.24, 2.45) is 0 Å². The predicted octanol–water partition coefficient (Wildman–Crippen LogP) is 2.45. The third kappa shape index (κ3) is 9.52. The minimum Gasteiger partial charge on any atom is -0.481 e. The van der Waals surface area contributed by atoms with Gasteiger partial charge in [0.15, 0.2) is 5.60 Å². The topological polar surface area (TPSA) is 164 Å². The van der Waals surface area contributed by atoms with Gasteiger partial charge in [-0.1, -0.05) is 12.1 Å². The molecule has 11 nitrogen and oxygen atoms in total. The van der Waals surface area contributed by atoms with Crippen LogP contribution in [0.2, 0.25) is 0 Å². The Labute approximate surface area is 216 Å². The van der Waals surface area contributed by atoms with Gasteiger partial charge in [-0.2, -0.15) is 0 Å². The lowest BCUT2D eigenvalue weighted by molar-refractivity contribution is -0.170. The predicted molar refractivity (Wildman–Crippen MR) is 135 cm³/mol. The second kappa shape index (κ2) is 14.4. The zero-order valence-electron chi connectivity index (χ0n) is 21.2. The number of hydrogen-bond acceptors (Lipinski definition) is 8. The van der Waals surface area contributed by atoms with Crippen molar-refractivity contribution < 1.29 is 34.8 Å². The Morgan fingerprint density at radius 2 is 1.24 bits per heavy atom. The second-order valence-electron chi connectivity index (χ2n) is 9.33. The number of aliphatic carboxylic acids is 3. The first-order valence-electron chi connectivity index (χ1n) is 12.1. The van der Waals surface area contributed by atoms with E-state index in [0.29, 0.717) is 12.1 Å². The molecule has 0 spiro atoms. The van der Waals surface area contributed by atoms with Crippen LogP contribution in [0.1, 0.15) is 61.7 Å². The first-order chi connectivity index (χ1) is 17.5. The minimum absolute atomic E-state index is 0.610. The van der Waals surface area contributed by atoms with Crippen molar-refractivity contribution >= 4 is 17.9 Å². The number of nitrogens with zero attached hydrogens (tertiary/aromatic N) is 4. The molecule has 2 aliphatic heterocycles. The summed E-state index contributed by atoms with van der Waals surface area (Å²) in [7, 11) is 4.37. The van der Waals surface area contributed by atoms with E-state index in [1.807, 2.05) is 36.9 Å². The second-order valence-corrected chi connectivity index (χ2v) is 9.33. The average Bonchev–Trinajstić information content (AvgIpc) is 3.48. The number of carboxylic acids is 3. The lowest BCUT2D eigenvalue weighted by atomic mass is 9.96. The SMILES string of the molecule is CN1CCC[C@H]1c1cccnc1.CN1CCC[C@H]1c1cccnc1.O=C(O)CC(O)(CC(=O)O)C(=O)O. The lowest BCUT2D eigenvalue weighted by Gasteiger charge is -2.18. The number of hydrogen-bond donors (Lipinski definition) is 4. The molecule has 0 aliphatic carbocycles. The largest absolute Gasteiger partial charge is 0.481 e. The molecule has 2 aromatic rings. The summed E-state index contributed by atoms with van der Waals surface area (Å²) < 4.78 is 0. The van der Waals surface area contributed by atoms with E-state index >= 15 is 0 Å². The molecular formula is C26H36N4O7. The first-order valence-corrected chi connectivity index (χ1v) is 12.1. The monoisotopic (exact) mass is 516 g/mol. The summed E-state index contributed by atoms with van der Waals surface area (Å²) in [6.45, 7) is 2.44. The fraction of sp³-hybridized carbons (Fsp3) is 0.500. The Balaban J connectivity index is 0.000000195. The highest BCUT2D eigenvalue weighted by molar-refractivity contribution is 5.88. The van der Waals surface area contributed by atoms with Crippen molar-refractivity contribution in [2.45, 2.75) is 56.2 Å². The van der Waals surface area contributed by atoms with Gasteiger partial charge in [-0.15, -0.1) is 0 Å². The van der Waals surface area contributed by atoms with Crippen molar-refractivity contribution in [3.8, 4) is 0 Å². The zero-order valence-corrected chi connectivity index (χ0v) is 21.2. The van der Waals surface area contributed by atoms with Crippen LogP contribution in [0.25, 0.3) is 0 Å². The van der Waals surface area contributed by atoms with Crippen LogP contribution in [0.15, 0.2) is 49.1 Å². The maximum absolute atomic E-state index is 10.3. The van der Waals surface area contributed by atoms with Gasteiger partial charge in [-0.3, -0.25) is 29.4 Å². The Morgan fingerprint density at radius 3 is 1.49 bits per heavy atom. The highest BCUT2D eigenvalue weighted by atomic mass is 16.4. The maximum Gasteiger partial charge on any atom is 0.336 e. The van der Waals surface area contributed by atoms with E-state index < -0.39 is 36.4 Å². The minimum atomic E-state index is -2.74. The molecule has 4 rings (SSSR count). The third-order valence-electron chi connectivity index (χ3n) is 6.46. The number of aliphatic hydroxyl groups is 1. The normalized spacial score (nSPS) is 19.8. The van der Waals surface area contributed by atoms with Gasteiger partial charge in [0.1, 0.15) is 0 Å². The fourth-order valence-electron chi connectivity index (χ4n) is 4.52. The third-order valence-corrected chi connectivity index (χ3v) is 6.46. The van der Waals surface area contributed by atoms with E-state index in [2.05, 4.69) is 46.0 Å². The Morgan fingerprint density at radius 1 is 0.838 bits per heavy atom. The molecule has 2 aliphatic rings. The van der Waals surface area contributed by atoms with Crippen molar-refractivity contribution in [2.75, 3.05) is 27.2 Å². The van der Waals surface area contributed by atoms with Crippen LogP contribution in [-0.2, 0) is 14.4 Å². The molecule has 4 N–H and O–H groups in total. The van der Waals surface area contributed by atoms with Gasteiger partial charge in [0.05, 0.1) is 12.8 Å². The summed E-state index contributed by atoms with van der Waals surface area (Å²) in [5.74, 6) is -5.02. The van der Waals surface area contributed by atoms with E-state index in [-0.39, 0.29) is 0 Å². The molecule has 2 saturated heterocycles. The van der Waals surface area contributed by atoms with Crippen molar-refractivity contribution in [3.05, 3.63) is 60.2 Å².